The standard InChI is InChI=1S/C21H26N2O2S/c24-18(19-7-4-12-26-19)15-23(14-16-5-2-1-3-6-16)20(25)17-13-21(17)8-10-22-11-9-21/h1-7,12,17-18,22,24H,8-11,13-15H2. The predicted octanol–water partition coefficient (Wildman–Crippen LogP) is 3.20. The third-order valence-electron chi connectivity index (χ3n) is 5.88. The number of piperidine rings is 1. The Bertz CT molecular complexity index is 726. The minimum Gasteiger partial charge on any atom is -0.386 e. The van der Waals surface area contributed by atoms with Crippen LogP contribution in [0.1, 0.15) is 35.8 Å². The molecular weight excluding hydrogens is 344 g/mol. The van der Waals surface area contributed by atoms with Crippen LogP contribution in [0.2, 0.25) is 0 Å². The van der Waals surface area contributed by atoms with E-state index in [9.17, 15) is 9.90 Å². The number of thiophene rings is 1. The van der Waals surface area contributed by atoms with Crippen LogP contribution in [-0.2, 0) is 11.3 Å². The van der Waals surface area contributed by atoms with Crippen LogP contribution >= 0.6 is 11.3 Å². The van der Waals surface area contributed by atoms with Gasteiger partial charge < -0.3 is 15.3 Å². The maximum absolute atomic E-state index is 13.3. The molecule has 5 heteroatoms. The van der Waals surface area contributed by atoms with Gasteiger partial charge in [0, 0.05) is 17.3 Å². The van der Waals surface area contributed by atoms with E-state index < -0.39 is 6.10 Å². The molecule has 138 valence electrons. The molecule has 1 aliphatic carbocycles. The molecule has 2 fully saturated rings. The van der Waals surface area contributed by atoms with Crippen LogP contribution < -0.4 is 5.32 Å². The van der Waals surface area contributed by atoms with Crippen molar-refractivity contribution < 1.29 is 9.90 Å². The maximum Gasteiger partial charge on any atom is 0.226 e. The molecule has 1 aliphatic heterocycles. The summed E-state index contributed by atoms with van der Waals surface area (Å²) in [5.41, 5.74) is 1.32. The first-order chi connectivity index (χ1) is 12.7. The Morgan fingerprint density at radius 2 is 2.00 bits per heavy atom. The molecule has 2 aromatic rings. The van der Waals surface area contributed by atoms with Crippen LogP contribution in [0.4, 0.5) is 0 Å². The van der Waals surface area contributed by atoms with E-state index in [1.807, 2.05) is 52.7 Å². The molecule has 1 saturated carbocycles. The van der Waals surface area contributed by atoms with Gasteiger partial charge in [-0.1, -0.05) is 36.4 Å². The van der Waals surface area contributed by atoms with Gasteiger partial charge in [0.2, 0.25) is 5.91 Å². The van der Waals surface area contributed by atoms with Crippen molar-refractivity contribution in [3.8, 4) is 0 Å². The van der Waals surface area contributed by atoms with Crippen molar-refractivity contribution >= 4 is 17.2 Å². The van der Waals surface area contributed by atoms with E-state index in [2.05, 4.69) is 5.32 Å². The van der Waals surface area contributed by atoms with Crippen molar-refractivity contribution in [3.05, 3.63) is 58.3 Å². The fraction of sp³-hybridized carbons (Fsp3) is 0.476. The Morgan fingerprint density at radius 1 is 1.23 bits per heavy atom. The number of carbonyl (C=O) groups is 1. The number of amides is 1. The maximum atomic E-state index is 13.3. The van der Waals surface area contributed by atoms with Crippen LogP contribution in [0.5, 0.6) is 0 Å². The lowest BCUT2D eigenvalue weighted by Gasteiger charge is -2.28. The predicted molar refractivity (Wildman–Crippen MR) is 104 cm³/mol. The molecule has 0 bridgehead atoms. The molecule has 2 N–H and O–H groups in total. The first-order valence-corrected chi connectivity index (χ1v) is 10.3. The summed E-state index contributed by atoms with van der Waals surface area (Å²) < 4.78 is 0. The summed E-state index contributed by atoms with van der Waals surface area (Å²) in [5.74, 6) is 0.343. The lowest BCUT2D eigenvalue weighted by molar-refractivity contribution is -0.135. The Morgan fingerprint density at radius 3 is 2.69 bits per heavy atom. The zero-order valence-corrected chi connectivity index (χ0v) is 15.8. The van der Waals surface area contributed by atoms with E-state index in [1.54, 1.807) is 11.3 Å². The number of nitrogens with one attached hydrogen (secondary N) is 1. The van der Waals surface area contributed by atoms with E-state index in [0.29, 0.717) is 13.1 Å². The number of aliphatic hydroxyl groups is 1. The molecule has 1 spiro atoms. The molecular formula is C21H26N2O2S. The average molecular weight is 371 g/mol. The van der Waals surface area contributed by atoms with Crippen LogP contribution in [-0.4, -0.2) is 35.5 Å². The quantitative estimate of drug-likeness (QED) is 0.821. The highest BCUT2D eigenvalue weighted by Crippen LogP contribution is 2.59. The summed E-state index contributed by atoms with van der Waals surface area (Å²) in [4.78, 5) is 16.1. The van der Waals surface area contributed by atoms with Crippen LogP contribution in [0.25, 0.3) is 0 Å². The molecule has 4 nitrogen and oxygen atoms in total. The fourth-order valence-electron chi connectivity index (χ4n) is 4.21. The second kappa shape index (κ2) is 7.51. The van der Waals surface area contributed by atoms with E-state index in [4.69, 9.17) is 0 Å². The zero-order valence-electron chi connectivity index (χ0n) is 14.9. The number of hydrogen-bond acceptors (Lipinski definition) is 4. The normalized spacial score (nSPS) is 22.1. The first kappa shape index (κ1) is 17.7. The van der Waals surface area contributed by atoms with Gasteiger partial charge in [-0.15, -0.1) is 11.3 Å². The van der Waals surface area contributed by atoms with Gasteiger partial charge in [-0.25, -0.2) is 0 Å². The number of benzene rings is 1. The monoisotopic (exact) mass is 370 g/mol. The van der Waals surface area contributed by atoms with Crippen molar-refractivity contribution in [3.63, 3.8) is 0 Å². The lowest BCUT2D eigenvalue weighted by Crippen LogP contribution is -2.38. The number of aliphatic hydroxyl groups excluding tert-OH is 1. The highest BCUT2D eigenvalue weighted by molar-refractivity contribution is 7.10. The van der Waals surface area contributed by atoms with E-state index in [0.717, 1.165) is 42.8 Å². The van der Waals surface area contributed by atoms with Gasteiger partial charge >= 0.3 is 0 Å². The highest BCUT2D eigenvalue weighted by atomic mass is 32.1. The van der Waals surface area contributed by atoms with Gasteiger partial charge in [-0.3, -0.25) is 4.79 Å². The smallest absolute Gasteiger partial charge is 0.226 e. The molecule has 1 amide bonds. The second-order valence-corrected chi connectivity index (χ2v) is 8.58. The lowest BCUT2D eigenvalue weighted by atomic mass is 9.91. The highest BCUT2D eigenvalue weighted by Gasteiger charge is 2.58. The summed E-state index contributed by atoms with van der Waals surface area (Å²) in [6.45, 7) is 2.95. The molecule has 2 atom stereocenters. The second-order valence-electron chi connectivity index (χ2n) is 7.60. The van der Waals surface area contributed by atoms with Crippen molar-refractivity contribution in [1.82, 2.24) is 10.2 Å². The van der Waals surface area contributed by atoms with Crippen LogP contribution in [0.15, 0.2) is 47.8 Å². The Kier molecular flexibility index (Phi) is 5.11. The Labute approximate surface area is 158 Å². The Hall–Kier alpha value is -1.69. The topological polar surface area (TPSA) is 52.6 Å². The minimum absolute atomic E-state index is 0.129. The molecule has 26 heavy (non-hydrogen) atoms. The summed E-state index contributed by atoms with van der Waals surface area (Å²) >= 11 is 1.54. The zero-order chi connectivity index (χ0) is 18.0. The molecule has 4 rings (SSSR count). The van der Waals surface area contributed by atoms with E-state index in [1.165, 1.54) is 0 Å². The largest absolute Gasteiger partial charge is 0.386 e. The van der Waals surface area contributed by atoms with Crippen molar-refractivity contribution in [2.45, 2.75) is 31.9 Å². The van der Waals surface area contributed by atoms with E-state index >= 15 is 0 Å². The molecule has 1 aromatic carbocycles. The number of rotatable bonds is 6. The summed E-state index contributed by atoms with van der Waals surface area (Å²) in [6.07, 6.45) is 2.57. The summed E-state index contributed by atoms with van der Waals surface area (Å²) in [7, 11) is 0. The molecule has 1 aromatic heterocycles. The average Bonchev–Trinajstić information content (AvgIpc) is 3.10. The van der Waals surface area contributed by atoms with Gasteiger partial charge in [0.25, 0.3) is 0 Å². The Balaban J connectivity index is 1.49. The third-order valence-corrected chi connectivity index (χ3v) is 6.85. The molecule has 2 aliphatic rings. The van der Waals surface area contributed by atoms with Crippen molar-refractivity contribution in [1.29, 1.82) is 0 Å². The molecule has 1 saturated heterocycles. The van der Waals surface area contributed by atoms with E-state index in [-0.39, 0.29) is 17.2 Å². The summed E-state index contributed by atoms with van der Waals surface area (Å²) in [6, 6.07) is 14.0. The minimum atomic E-state index is -0.620. The fourth-order valence-corrected chi connectivity index (χ4v) is 4.91. The SMILES string of the molecule is O=C(C1CC12CCNCC2)N(Cc1ccccc1)CC(O)c1cccs1. The van der Waals surface area contributed by atoms with Gasteiger partial charge in [-0.05, 0) is 54.8 Å². The van der Waals surface area contributed by atoms with Gasteiger partial charge in [0.15, 0.2) is 0 Å². The molecule has 2 heterocycles. The van der Waals surface area contributed by atoms with Gasteiger partial charge in [0.05, 0.1) is 6.54 Å². The number of nitrogens with zero attached hydrogens (tertiary/aromatic N) is 1. The van der Waals surface area contributed by atoms with Crippen LogP contribution in [0.3, 0.4) is 0 Å². The van der Waals surface area contributed by atoms with Gasteiger partial charge in [-0.2, -0.15) is 0 Å². The summed E-state index contributed by atoms with van der Waals surface area (Å²) in [5, 5.41) is 16.0. The molecule has 2 unspecified atom stereocenters. The number of hydrogen-bond donors (Lipinski definition) is 2. The van der Waals surface area contributed by atoms with Gasteiger partial charge in [0.1, 0.15) is 6.10 Å². The number of carbonyl (C=O) groups excluding carboxylic acids is 1. The molecule has 0 radical (unpaired) electrons. The third kappa shape index (κ3) is 3.70. The first-order valence-electron chi connectivity index (χ1n) is 9.43. The van der Waals surface area contributed by atoms with Crippen molar-refractivity contribution in [2.24, 2.45) is 11.3 Å². The van der Waals surface area contributed by atoms with Crippen LogP contribution in [0, 0.1) is 11.3 Å². The van der Waals surface area contributed by atoms with Crippen molar-refractivity contribution in [2.75, 3.05) is 19.6 Å².